The second-order valence-corrected chi connectivity index (χ2v) is 8.98. The normalized spacial score (nSPS) is 21.5. The van der Waals surface area contributed by atoms with Crippen molar-refractivity contribution in [3.63, 3.8) is 0 Å². The molecule has 2 aliphatic rings. The van der Waals surface area contributed by atoms with Gasteiger partial charge in [0, 0.05) is 37.9 Å². The summed E-state index contributed by atoms with van der Waals surface area (Å²) in [5.74, 6) is 1.50. The van der Waals surface area contributed by atoms with Gasteiger partial charge in [-0.2, -0.15) is 0 Å². The van der Waals surface area contributed by atoms with E-state index in [0.717, 1.165) is 31.6 Å². The van der Waals surface area contributed by atoms with Crippen molar-refractivity contribution in [2.24, 2.45) is 5.92 Å². The molecule has 1 amide bonds. The van der Waals surface area contributed by atoms with Crippen LogP contribution in [0.5, 0.6) is 5.75 Å². The van der Waals surface area contributed by atoms with Gasteiger partial charge in [0.2, 0.25) is 0 Å². The zero-order valence-corrected chi connectivity index (χ0v) is 14.8. The Bertz CT molecular complexity index is 682. The Balaban J connectivity index is 1.62. The third-order valence-electron chi connectivity index (χ3n) is 4.77. The number of benzene rings is 1. The average molecular weight is 352 g/mol. The highest BCUT2D eigenvalue weighted by Gasteiger charge is 2.24. The number of nitrogens with zero attached hydrogens (tertiary/aromatic N) is 2. The van der Waals surface area contributed by atoms with Crippen molar-refractivity contribution in [3.05, 3.63) is 24.3 Å². The Morgan fingerprint density at radius 1 is 1.12 bits per heavy atom. The number of anilines is 1. The van der Waals surface area contributed by atoms with Gasteiger partial charge in [0.25, 0.3) is 0 Å². The van der Waals surface area contributed by atoms with Crippen LogP contribution in [0, 0.1) is 5.92 Å². The van der Waals surface area contributed by atoms with Crippen LogP contribution in [0.3, 0.4) is 0 Å². The second kappa shape index (κ2) is 7.01. The molecule has 0 aromatic heterocycles. The van der Waals surface area contributed by atoms with Gasteiger partial charge in [0.1, 0.15) is 5.75 Å². The van der Waals surface area contributed by atoms with Gasteiger partial charge < -0.3 is 14.5 Å². The predicted octanol–water partition coefficient (Wildman–Crippen LogP) is 2.15. The highest BCUT2D eigenvalue weighted by molar-refractivity contribution is 7.91. The summed E-state index contributed by atoms with van der Waals surface area (Å²) in [5, 5.41) is 0. The summed E-state index contributed by atoms with van der Waals surface area (Å²) >= 11 is 0. The zero-order valence-electron chi connectivity index (χ0n) is 14.0. The smallest absolute Gasteiger partial charge is 0.410 e. The monoisotopic (exact) mass is 352 g/mol. The van der Waals surface area contributed by atoms with E-state index in [-0.39, 0.29) is 17.6 Å². The maximum absolute atomic E-state index is 12.3. The van der Waals surface area contributed by atoms with Crippen molar-refractivity contribution in [2.45, 2.75) is 19.8 Å². The molecule has 0 N–H and O–H groups in total. The van der Waals surface area contributed by atoms with Gasteiger partial charge in [-0.3, -0.25) is 0 Å². The average Bonchev–Trinajstić information content (AvgIpc) is 2.55. The van der Waals surface area contributed by atoms with Gasteiger partial charge in [0.15, 0.2) is 9.84 Å². The molecule has 2 saturated heterocycles. The molecule has 7 heteroatoms. The summed E-state index contributed by atoms with van der Waals surface area (Å²) in [6.07, 6.45) is 1.72. The minimum Gasteiger partial charge on any atom is -0.410 e. The number of hydrogen-bond acceptors (Lipinski definition) is 5. The molecule has 0 bridgehead atoms. The lowest BCUT2D eigenvalue weighted by Crippen LogP contribution is -2.40. The van der Waals surface area contributed by atoms with Gasteiger partial charge in [-0.15, -0.1) is 0 Å². The number of ether oxygens (including phenoxy) is 1. The van der Waals surface area contributed by atoms with Crippen LogP contribution in [-0.4, -0.2) is 57.1 Å². The molecule has 24 heavy (non-hydrogen) atoms. The Morgan fingerprint density at radius 3 is 2.46 bits per heavy atom. The molecule has 2 aliphatic heterocycles. The number of rotatable bonds is 2. The van der Waals surface area contributed by atoms with E-state index < -0.39 is 9.84 Å². The molecule has 1 aromatic rings. The van der Waals surface area contributed by atoms with Gasteiger partial charge in [-0.1, -0.05) is 13.0 Å². The molecule has 0 spiro atoms. The van der Waals surface area contributed by atoms with Crippen LogP contribution >= 0.6 is 0 Å². The zero-order chi connectivity index (χ0) is 17.2. The van der Waals surface area contributed by atoms with Crippen LogP contribution in [-0.2, 0) is 9.84 Å². The second-order valence-electron chi connectivity index (χ2n) is 6.67. The van der Waals surface area contributed by atoms with Crippen LogP contribution in [0.15, 0.2) is 24.3 Å². The first-order valence-electron chi connectivity index (χ1n) is 8.45. The number of sulfone groups is 1. The molecular weight excluding hydrogens is 328 g/mol. The van der Waals surface area contributed by atoms with Gasteiger partial charge in [0.05, 0.1) is 11.5 Å². The van der Waals surface area contributed by atoms with Gasteiger partial charge in [-0.05, 0) is 30.9 Å². The maximum atomic E-state index is 12.3. The summed E-state index contributed by atoms with van der Waals surface area (Å²) in [6.45, 7) is 4.63. The molecule has 6 nitrogen and oxygen atoms in total. The van der Waals surface area contributed by atoms with Crippen molar-refractivity contribution in [1.82, 2.24) is 4.90 Å². The highest BCUT2D eigenvalue weighted by Crippen LogP contribution is 2.24. The third-order valence-corrected chi connectivity index (χ3v) is 6.38. The van der Waals surface area contributed by atoms with Crippen molar-refractivity contribution < 1.29 is 17.9 Å². The molecule has 0 radical (unpaired) electrons. The van der Waals surface area contributed by atoms with Gasteiger partial charge >= 0.3 is 6.09 Å². The lowest BCUT2D eigenvalue weighted by molar-refractivity contribution is 0.133. The van der Waals surface area contributed by atoms with Gasteiger partial charge in [-0.25, -0.2) is 13.2 Å². The Hall–Kier alpha value is -1.76. The van der Waals surface area contributed by atoms with Crippen molar-refractivity contribution in [3.8, 4) is 5.75 Å². The van der Waals surface area contributed by atoms with Crippen molar-refractivity contribution >= 4 is 21.6 Å². The van der Waals surface area contributed by atoms with E-state index in [1.807, 2.05) is 23.1 Å². The first-order valence-corrected chi connectivity index (χ1v) is 10.3. The largest absolute Gasteiger partial charge is 0.415 e. The quantitative estimate of drug-likeness (QED) is 0.816. The number of piperidine rings is 1. The molecule has 0 unspecified atom stereocenters. The summed E-state index contributed by atoms with van der Waals surface area (Å²) in [5.41, 5.74) is 0.891. The Labute approximate surface area is 143 Å². The highest BCUT2D eigenvalue weighted by atomic mass is 32.2. The third kappa shape index (κ3) is 4.20. The predicted molar refractivity (Wildman–Crippen MR) is 93.3 cm³/mol. The topological polar surface area (TPSA) is 66.9 Å². The number of carbonyl (C=O) groups is 1. The first-order chi connectivity index (χ1) is 11.4. The van der Waals surface area contributed by atoms with E-state index in [1.54, 1.807) is 11.0 Å². The molecule has 3 rings (SSSR count). The SMILES string of the molecule is CC1CCN(C(=O)Oc2cccc(N3CCS(=O)(=O)CC3)c2)CC1. The van der Waals surface area contributed by atoms with Crippen LogP contribution in [0.2, 0.25) is 0 Å². The Kier molecular flexibility index (Phi) is 4.99. The molecule has 0 aliphatic carbocycles. The molecule has 132 valence electrons. The molecular formula is C17H24N2O4S. The van der Waals surface area contributed by atoms with E-state index in [0.29, 0.717) is 24.8 Å². The standard InChI is InChI=1S/C17H24N2O4S/c1-14-5-7-19(8-6-14)17(20)23-16-4-2-3-15(13-16)18-9-11-24(21,22)12-10-18/h2-4,13-14H,5-12H2,1H3. The minimum absolute atomic E-state index is 0.170. The molecule has 2 heterocycles. The number of hydrogen-bond donors (Lipinski definition) is 0. The molecule has 1 aromatic carbocycles. The van der Waals surface area contributed by atoms with Crippen molar-refractivity contribution in [1.29, 1.82) is 0 Å². The minimum atomic E-state index is -2.91. The number of carbonyl (C=O) groups excluding carboxylic acids is 1. The number of likely N-dealkylation sites (tertiary alicyclic amines) is 1. The van der Waals surface area contributed by atoms with E-state index >= 15 is 0 Å². The summed E-state index contributed by atoms with van der Waals surface area (Å²) in [4.78, 5) is 16.0. The van der Waals surface area contributed by atoms with E-state index in [4.69, 9.17) is 4.74 Å². The fraction of sp³-hybridized carbons (Fsp3) is 0.588. The molecule has 0 atom stereocenters. The molecule has 0 saturated carbocycles. The van der Waals surface area contributed by atoms with Crippen LogP contribution < -0.4 is 9.64 Å². The molecule has 2 fully saturated rings. The summed E-state index contributed by atoms with van der Waals surface area (Å²) < 4.78 is 28.6. The Morgan fingerprint density at radius 2 is 1.79 bits per heavy atom. The van der Waals surface area contributed by atoms with Crippen LogP contribution in [0.1, 0.15) is 19.8 Å². The maximum Gasteiger partial charge on any atom is 0.415 e. The van der Waals surface area contributed by atoms with Crippen LogP contribution in [0.25, 0.3) is 0 Å². The number of amides is 1. The fourth-order valence-electron chi connectivity index (χ4n) is 3.07. The fourth-order valence-corrected chi connectivity index (χ4v) is 4.27. The van der Waals surface area contributed by atoms with E-state index in [9.17, 15) is 13.2 Å². The summed E-state index contributed by atoms with van der Waals surface area (Å²) in [7, 11) is -2.91. The van der Waals surface area contributed by atoms with Crippen molar-refractivity contribution in [2.75, 3.05) is 42.6 Å². The summed E-state index contributed by atoms with van der Waals surface area (Å²) in [6, 6.07) is 7.31. The van der Waals surface area contributed by atoms with E-state index in [1.165, 1.54) is 0 Å². The lowest BCUT2D eigenvalue weighted by atomic mass is 10.00. The lowest BCUT2D eigenvalue weighted by Gasteiger charge is -2.30. The van der Waals surface area contributed by atoms with E-state index in [2.05, 4.69) is 6.92 Å². The van der Waals surface area contributed by atoms with Crippen LogP contribution in [0.4, 0.5) is 10.5 Å². The first kappa shape index (κ1) is 17.1.